The first-order chi connectivity index (χ1) is 10.4. The smallest absolute Gasteiger partial charge is 0.290 e. The lowest BCUT2D eigenvalue weighted by atomic mass is 9.96. The molecule has 1 aromatic rings. The second-order valence-corrected chi connectivity index (χ2v) is 5.11. The van der Waals surface area contributed by atoms with Gasteiger partial charge in [0.05, 0.1) is 7.11 Å². The van der Waals surface area contributed by atoms with Crippen LogP contribution < -0.4 is 10.1 Å². The van der Waals surface area contributed by atoms with Gasteiger partial charge >= 0.3 is 0 Å². The summed E-state index contributed by atoms with van der Waals surface area (Å²) in [6.07, 6.45) is 0. The summed E-state index contributed by atoms with van der Waals surface area (Å²) in [5.41, 5.74) is -0.748. The van der Waals surface area contributed by atoms with Crippen molar-refractivity contribution < 1.29 is 27.4 Å². The number of piperazine rings is 1. The van der Waals surface area contributed by atoms with Crippen LogP contribution in [0.25, 0.3) is 0 Å². The minimum absolute atomic E-state index is 0.0925. The van der Waals surface area contributed by atoms with Gasteiger partial charge in [0.1, 0.15) is 30.0 Å². The number of nitrogens with zero attached hydrogens (tertiary/aromatic N) is 1. The molecule has 1 aromatic carbocycles. The van der Waals surface area contributed by atoms with Crippen LogP contribution in [0, 0.1) is 11.6 Å². The number of rotatable bonds is 5. The molecule has 1 aliphatic rings. The van der Waals surface area contributed by atoms with E-state index in [0.29, 0.717) is 13.1 Å². The molecule has 0 spiro atoms. The zero-order valence-corrected chi connectivity index (χ0v) is 12.1. The van der Waals surface area contributed by atoms with E-state index in [2.05, 4.69) is 5.32 Å². The zero-order chi connectivity index (χ0) is 16.3. The van der Waals surface area contributed by atoms with Gasteiger partial charge < -0.3 is 15.2 Å². The van der Waals surface area contributed by atoms with E-state index >= 15 is 0 Å². The fourth-order valence-electron chi connectivity index (χ4n) is 2.63. The molecule has 0 radical (unpaired) electrons. The van der Waals surface area contributed by atoms with Gasteiger partial charge in [0.25, 0.3) is 5.92 Å². The number of aliphatic hydroxyl groups is 1. The largest absolute Gasteiger partial charge is 0.497 e. The Kier molecular flexibility index (Phi) is 5.25. The van der Waals surface area contributed by atoms with Crippen molar-refractivity contribution in [1.29, 1.82) is 0 Å². The molecule has 0 amide bonds. The van der Waals surface area contributed by atoms with Crippen LogP contribution in [-0.4, -0.2) is 55.8 Å². The third kappa shape index (κ3) is 3.34. The number of halogens is 4. The van der Waals surface area contributed by atoms with Gasteiger partial charge in [-0.15, -0.1) is 0 Å². The summed E-state index contributed by atoms with van der Waals surface area (Å²) in [5.74, 6) is -6.00. The van der Waals surface area contributed by atoms with Crippen LogP contribution in [-0.2, 0) is 0 Å². The normalized spacial score (nSPS) is 18.3. The molecule has 0 bridgehead atoms. The van der Waals surface area contributed by atoms with Crippen molar-refractivity contribution in [2.45, 2.75) is 12.0 Å². The summed E-state index contributed by atoms with van der Waals surface area (Å²) >= 11 is 0. The predicted octanol–water partition coefficient (Wildman–Crippen LogP) is 1.55. The topological polar surface area (TPSA) is 44.7 Å². The van der Waals surface area contributed by atoms with Crippen molar-refractivity contribution >= 4 is 0 Å². The minimum atomic E-state index is -3.67. The standard InChI is InChI=1S/C14H18F4N2O2/c1-22-9-6-10(15)12(11(16)7-9)13(14(17,18)8-21)20-4-2-19-3-5-20/h6-7,13,19,21H,2-5,8H2,1H3/t13-/m0/s1. The first kappa shape index (κ1) is 17.0. The lowest BCUT2D eigenvalue weighted by Gasteiger charge is -2.38. The Labute approximate surface area is 125 Å². The van der Waals surface area contributed by atoms with E-state index in [1.807, 2.05) is 0 Å². The van der Waals surface area contributed by atoms with Crippen LogP contribution >= 0.6 is 0 Å². The minimum Gasteiger partial charge on any atom is -0.497 e. The average Bonchev–Trinajstić information content (AvgIpc) is 2.51. The van der Waals surface area contributed by atoms with E-state index in [0.717, 1.165) is 12.1 Å². The van der Waals surface area contributed by atoms with Crippen molar-refractivity contribution in [2.24, 2.45) is 0 Å². The summed E-state index contributed by atoms with van der Waals surface area (Å²) in [4.78, 5) is 1.28. The number of hydrogen-bond acceptors (Lipinski definition) is 4. The highest BCUT2D eigenvalue weighted by Crippen LogP contribution is 2.39. The van der Waals surface area contributed by atoms with Gasteiger partial charge in [-0.1, -0.05) is 0 Å². The summed E-state index contributed by atoms with van der Waals surface area (Å²) in [6, 6.07) is -0.146. The molecule has 4 nitrogen and oxygen atoms in total. The molecule has 1 fully saturated rings. The molecule has 2 N–H and O–H groups in total. The van der Waals surface area contributed by atoms with E-state index in [1.165, 1.54) is 12.0 Å². The second kappa shape index (κ2) is 6.80. The first-order valence-corrected chi connectivity index (χ1v) is 6.87. The molecule has 2 rings (SSSR count). The highest BCUT2D eigenvalue weighted by Gasteiger charge is 2.46. The van der Waals surface area contributed by atoms with Crippen molar-refractivity contribution in [3.63, 3.8) is 0 Å². The highest BCUT2D eigenvalue weighted by molar-refractivity contribution is 5.33. The third-order valence-corrected chi connectivity index (χ3v) is 3.69. The number of aliphatic hydroxyl groups excluding tert-OH is 1. The Morgan fingerprint density at radius 3 is 2.27 bits per heavy atom. The lowest BCUT2D eigenvalue weighted by molar-refractivity contribution is -0.120. The third-order valence-electron chi connectivity index (χ3n) is 3.69. The zero-order valence-electron chi connectivity index (χ0n) is 12.1. The van der Waals surface area contributed by atoms with Gasteiger partial charge in [0.15, 0.2) is 0 Å². The van der Waals surface area contributed by atoms with Crippen molar-refractivity contribution in [3.05, 3.63) is 29.3 Å². The number of methoxy groups -OCH3 is 1. The van der Waals surface area contributed by atoms with Crippen LogP contribution in [0.5, 0.6) is 5.75 Å². The lowest BCUT2D eigenvalue weighted by Crippen LogP contribution is -2.51. The molecule has 22 heavy (non-hydrogen) atoms. The molecular formula is C14H18F4N2O2. The Morgan fingerprint density at radius 2 is 1.82 bits per heavy atom. The Balaban J connectivity index is 2.49. The van der Waals surface area contributed by atoms with E-state index in [-0.39, 0.29) is 18.8 Å². The quantitative estimate of drug-likeness (QED) is 0.808. The number of ether oxygens (including phenoxy) is 1. The molecular weight excluding hydrogens is 304 g/mol. The SMILES string of the molecule is COc1cc(F)c([C@H](N2CCNCC2)C(F)(F)CO)c(F)c1. The number of hydrogen-bond donors (Lipinski definition) is 2. The second-order valence-electron chi connectivity index (χ2n) is 5.11. The van der Waals surface area contributed by atoms with Gasteiger partial charge in [0, 0.05) is 43.9 Å². The molecule has 124 valence electrons. The van der Waals surface area contributed by atoms with Crippen molar-refractivity contribution in [3.8, 4) is 5.75 Å². The van der Waals surface area contributed by atoms with Crippen LogP contribution in [0.1, 0.15) is 11.6 Å². The molecule has 0 saturated carbocycles. The molecule has 1 saturated heterocycles. The number of nitrogens with one attached hydrogen (secondary N) is 1. The van der Waals surface area contributed by atoms with E-state index in [1.54, 1.807) is 0 Å². The van der Waals surface area contributed by atoms with Crippen molar-refractivity contribution in [2.75, 3.05) is 39.9 Å². The van der Waals surface area contributed by atoms with Crippen LogP contribution in [0.15, 0.2) is 12.1 Å². The van der Waals surface area contributed by atoms with Gasteiger partial charge in [-0.2, -0.15) is 0 Å². The fourth-order valence-corrected chi connectivity index (χ4v) is 2.63. The molecule has 1 heterocycles. The Bertz CT molecular complexity index is 499. The maximum atomic E-state index is 14.2. The monoisotopic (exact) mass is 322 g/mol. The van der Waals surface area contributed by atoms with E-state index < -0.39 is 35.8 Å². The Morgan fingerprint density at radius 1 is 1.27 bits per heavy atom. The summed E-state index contributed by atoms with van der Waals surface area (Å²) in [5, 5.41) is 12.0. The average molecular weight is 322 g/mol. The van der Waals surface area contributed by atoms with Gasteiger partial charge in [-0.05, 0) is 0 Å². The van der Waals surface area contributed by atoms with Crippen LogP contribution in [0.3, 0.4) is 0 Å². The molecule has 8 heteroatoms. The Hall–Kier alpha value is -1.38. The van der Waals surface area contributed by atoms with Crippen LogP contribution in [0.2, 0.25) is 0 Å². The summed E-state index contributed by atoms with van der Waals surface area (Å²) in [6.45, 7) is -0.238. The summed E-state index contributed by atoms with van der Waals surface area (Å²) < 4.78 is 61.4. The first-order valence-electron chi connectivity index (χ1n) is 6.87. The molecule has 1 atom stereocenters. The van der Waals surface area contributed by atoms with Crippen LogP contribution in [0.4, 0.5) is 17.6 Å². The van der Waals surface area contributed by atoms with Gasteiger partial charge in [-0.3, -0.25) is 4.90 Å². The summed E-state index contributed by atoms with van der Waals surface area (Å²) in [7, 11) is 1.23. The van der Waals surface area contributed by atoms with Gasteiger partial charge in [-0.25, -0.2) is 17.6 Å². The van der Waals surface area contributed by atoms with E-state index in [4.69, 9.17) is 9.84 Å². The maximum absolute atomic E-state index is 14.2. The molecule has 0 aromatic heterocycles. The predicted molar refractivity (Wildman–Crippen MR) is 72.1 cm³/mol. The number of benzene rings is 1. The fraction of sp³-hybridized carbons (Fsp3) is 0.571. The molecule has 1 aliphatic heterocycles. The van der Waals surface area contributed by atoms with Crippen molar-refractivity contribution in [1.82, 2.24) is 10.2 Å². The highest BCUT2D eigenvalue weighted by atomic mass is 19.3. The molecule has 0 aliphatic carbocycles. The maximum Gasteiger partial charge on any atom is 0.290 e. The van der Waals surface area contributed by atoms with Gasteiger partial charge in [0.2, 0.25) is 0 Å². The molecule has 0 unspecified atom stereocenters. The number of alkyl halides is 2. The van der Waals surface area contributed by atoms with E-state index in [9.17, 15) is 17.6 Å².